The highest BCUT2D eigenvalue weighted by molar-refractivity contribution is 5.66. The van der Waals surface area contributed by atoms with E-state index in [-0.39, 0.29) is 12.5 Å². The van der Waals surface area contributed by atoms with Crippen LogP contribution in [-0.4, -0.2) is 239 Å². The predicted molar refractivity (Wildman–Crippen MR) is 237 cm³/mol. The Bertz CT molecular complexity index is 1520. The van der Waals surface area contributed by atoms with Crippen LogP contribution >= 0.6 is 0 Å². The number of carbonyl (C=O) groups is 1. The highest BCUT2D eigenvalue weighted by Gasteiger charge is 2.56. The van der Waals surface area contributed by atoms with Crippen LogP contribution in [0.25, 0.3) is 0 Å². The van der Waals surface area contributed by atoms with Gasteiger partial charge in [-0.1, -0.05) is 64.7 Å². The van der Waals surface area contributed by atoms with Gasteiger partial charge in [-0.25, -0.2) is 0 Å². The summed E-state index contributed by atoms with van der Waals surface area (Å²) in [7, 11) is 0. The quantitative estimate of drug-likeness (QED) is 0.0430. The van der Waals surface area contributed by atoms with Crippen molar-refractivity contribution in [2.45, 2.75) is 278 Å². The van der Waals surface area contributed by atoms with E-state index in [2.05, 4.69) is 6.92 Å². The lowest BCUT2D eigenvalue weighted by atomic mass is 9.95. The van der Waals surface area contributed by atoms with Gasteiger partial charge in [-0.05, 0) is 47.0 Å². The Balaban J connectivity index is 1.21. The molecule has 24 nitrogen and oxygen atoms in total. The molecule has 0 spiro atoms. The van der Waals surface area contributed by atoms with Crippen molar-refractivity contribution in [2.24, 2.45) is 0 Å². The summed E-state index contributed by atoms with van der Waals surface area (Å²) in [4.78, 5) is 10.7. The van der Waals surface area contributed by atoms with E-state index in [1.165, 1.54) is 20.8 Å². The molecule has 5 aliphatic heterocycles. The highest BCUT2D eigenvalue weighted by Crippen LogP contribution is 2.37. The molecular weight excluding hydrogens is 936 g/mol. The fraction of sp³-hybridized carbons (Fsp3) is 0.978. The summed E-state index contributed by atoms with van der Waals surface area (Å²) in [6.45, 7) is 7.19. The molecule has 5 aliphatic rings. The minimum atomic E-state index is -1.95. The molecule has 0 saturated carbocycles. The Labute approximate surface area is 408 Å². The number of carboxylic acids is 1. The summed E-state index contributed by atoms with van der Waals surface area (Å²) in [6, 6.07) is 0. The topological polar surface area (TPSA) is 372 Å². The minimum Gasteiger partial charge on any atom is -0.481 e. The third-order valence-electron chi connectivity index (χ3n) is 14.0. The van der Waals surface area contributed by atoms with E-state index in [0.29, 0.717) is 12.8 Å². The van der Waals surface area contributed by atoms with Crippen molar-refractivity contribution in [2.75, 3.05) is 6.61 Å². The van der Waals surface area contributed by atoms with Crippen LogP contribution in [0.1, 0.15) is 118 Å². The van der Waals surface area contributed by atoms with E-state index < -0.39 is 166 Å². The molecule has 0 aromatic heterocycles. The summed E-state index contributed by atoms with van der Waals surface area (Å²) in [6.07, 6.45) is -28.4. The van der Waals surface area contributed by atoms with Crippen molar-refractivity contribution in [3.8, 4) is 0 Å². The van der Waals surface area contributed by atoms with E-state index in [4.69, 9.17) is 52.5 Å². The van der Waals surface area contributed by atoms with Gasteiger partial charge in [0.1, 0.15) is 97.7 Å². The molecule has 5 heterocycles. The molecular formula is C46H82O24. The molecule has 0 aromatic carbocycles. The van der Waals surface area contributed by atoms with Crippen molar-refractivity contribution >= 4 is 5.97 Å². The second kappa shape index (κ2) is 27.9. The second-order valence-electron chi connectivity index (χ2n) is 19.5. The first-order valence-electron chi connectivity index (χ1n) is 25.1. The van der Waals surface area contributed by atoms with Gasteiger partial charge in [-0.2, -0.15) is 0 Å². The van der Waals surface area contributed by atoms with Crippen LogP contribution in [0.15, 0.2) is 0 Å². The minimum absolute atomic E-state index is 0.180. The first-order valence-corrected chi connectivity index (χ1v) is 25.1. The Morgan fingerprint density at radius 3 is 1.37 bits per heavy atom. The molecule has 26 atom stereocenters. The van der Waals surface area contributed by atoms with Gasteiger partial charge in [0, 0.05) is 6.42 Å². The summed E-state index contributed by atoms with van der Waals surface area (Å²) in [5, 5.41) is 139. The van der Waals surface area contributed by atoms with Crippen LogP contribution in [0.5, 0.6) is 0 Å². The van der Waals surface area contributed by atoms with Crippen LogP contribution in [0.3, 0.4) is 0 Å². The number of hydrogen-bond acceptors (Lipinski definition) is 23. The van der Waals surface area contributed by atoms with Gasteiger partial charge in [-0.15, -0.1) is 0 Å². The molecule has 5 fully saturated rings. The number of aliphatic hydroxyl groups is 12. The van der Waals surface area contributed by atoms with Gasteiger partial charge in [0.05, 0.1) is 37.1 Å². The lowest BCUT2D eigenvalue weighted by molar-refractivity contribution is -0.398. The van der Waals surface area contributed by atoms with Crippen molar-refractivity contribution in [3.63, 3.8) is 0 Å². The predicted octanol–water partition coefficient (Wildman–Crippen LogP) is -2.25. The average Bonchev–Trinajstić information content (AvgIpc) is 3.32. The first-order chi connectivity index (χ1) is 33.2. The van der Waals surface area contributed by atoms with Gasteiger partial charge >= 0.3 is 5.97 Å². The number of unbranched alkanes of at least 4 members (excludes halogenated alkanes) is 8. The number of ether oxygens (including phenoxy) is 10. The Morgan fingerprint density at radius 1 is 0.429 bits per heavy atom. The molecule has 0 aliphatic carbocycles. The average molecular weight is 1020 g/mol. The fourth-order valence-electron chi connectivity index (χ4n) is 9.61. The smallest absolute Gasteiger partial charge is 0.303 e. The lowest BCUT2D eigenvalue weighted by Crippen LogP contribution is -2.67. The highest BCUT2D eigenvalue weighted by atomic mass is 16.8. The van der Waals surface area contributed by atoms with Crippen LogP contribution in [0.4, 0.5) is 0 Å². The van der Waals surface area contributed by atoms with E-state index in [0.717, 1.165) is 64.2 Å². The molecule has 13 N–H and O–H groups in total. The third kappa shape index (κ3) is 15.1. The third-order valence-corrected chi connectivity index (χ3v) is 14.0. The molecule has 0 amide bonds. The van der Waals surface area contributed by atoms with Gasteiger partial charge in [0.15, 0.2) is 31.5 Å². The zero-order valence-corrected chi connectivity index (χ0v) is 40.7. The lowest BCUT2D eigenvalue weighted by Gasteiger charge is -2.50. The largest absolute Gasteiger partial charge is 0.481 e. The van der Waals surface area contributed by atoms with Crippen LogP contribution in [-0.2, 0) is 52.2 Å². The molecule has 5 rings (SSSR count). The van der Waals surface area contributed by atoms with Crippen molar-refractivity contribution in [1.29, 1.82) is 0 Å². The maximum Gasteiger partial charge on any atom is 0.303 e. The number of carboxylic acid groups (broad SMARTS) is 1. The van der Waals surface area contributed by atoms with Crippen molar-refractivity contribution in [1.82, 2.24) is 0 Å². The maximum atomic E-state index is 11.8. The first kappa shape index (κ1) is 59.5. The number of rotatable bonds is 25. The summed E-state index contributed by atoms with van der Waals surface area (Å²) >= 11 is 0. The molecule has 0 radical (unpaired) electrons. The zero-order chi connectivity index (χ0) is 51.6. The van der Waals surface area contributed by atoms with Gasteiger partial charge < -0.3 is 114 Å². The van der Waals surface area contributed by atoms with Crippen LogP contribution in [0.2, 0.25) is 0 Å². The summed E-state index contributed by atoms with van der Waals surface area (Å²) in [5.74, 6) is -0.783. The van der Waals surface area contributed by atoms with Crippen molar-refractivity contribution < 1.29 is 119 Å². The second-order valence-corrected chi connectivity index (χ2v) is 19.5. The monoisotopic (exact) mass is 1020 g/mol. The molecule has 0 unspecified atom stereocenters. The fourth-order valence-corrected chi connectivity index (χ4v) is 9.61. The van der Waals surface area contributed by atoms with E-state index >= 15 is 0 Å². The SMILES string of the molecule is CCCCC[C@@H](CCCCCCCCCC(=O)O)O[C@@H]1O[C@@H](C)[C@H](O[C@@H]2O[C@@H](C)[C@H](O[C@@H]3O[C@@H](C)[C@H](O[C@@H]4O[C@@H](C)[C@H](O)[C@@H](O)[C@H]4O)[C@@H](O[C@@H]4O[C@H](CO)[C@@H](O)[C@H](O)[C@H]4O)[C@H]3O)[C@@H](O)[C@H]2O)[C@@H](O)[C@H]1O. The van der Waals surface area contributed by atoms with Gasteiger partial charge in [0.2, 0.25) is 0 Å². The molecule has 410 valence electrons. The van der Waals surface area contributed by atoms with E-state index in [9.17, 15) is 66.1 Å². The van der Waals surface area contributed by atoms with Gasteiger partial charge in [0.25, 0.3) is 0 Å². The van der Waals surface area contributed by atoms with Crippen molar-refractivity contribution in [3.05, 3.63) is 0 Å². The molecule has 5 saturated heterocycles. The number of aliphatic hydroxyl groups excluding tert-OH is 12. The Hall–Kier alpha value is -1.41. The Kier molecular flexibility index (Phi) is 23.7. The molecule has 0 aromatic rings. The summed E-state index contributed by atoms with van der Waals surface area (Å²) < 4.78 is 59.5. The summed E-state index contributed by atoms with van der Waals surface area (Å²) in [5.41, 5.74) is 0. The maximum absolute atomic E-state index is 11.8. The van der Waals surface area contributed by atoms with Crippen LogP contribution in [0, 0.1) is 0 Å². The van der Waals surface area contributed by atoms with Crippen LogP contribution < -0.4 is 0 Å². The normalized spacial score (nSPS) is 45.4. The standard InChI is InChI=1S/C46H82O24/c1-6-7-13-16-24(17-14-11-9-8-10-12-15-18-26(48)49)65-42-35(58)31(54)38(21(3)62-42)67-44-36(59)32(55)39(22(4)63-44)68-46-37(60)41(70-45-34(57)30(53)28(51)25(19-47)66-45)40(23(5)64-46)69-43-33(56)29(52)27(50)20(2)61-43/h20-25,27-47,50-60H,6-19H2,1-5H3,(H,48,49)/t20-,21-,22-,23-,24-,25+,27-,28+,29+,30-,31-,32-,33+,34+,35+,36+,37+,38-,39-,40-,41-,42-,43-,44-,45-,46-/m0/s1. The zero-order valence-electron chi connectivity index (χ0n) is 40.7. The van der Waals surface area contributed by atoms with Gasteiger partial charge in [-0.3, -0.25) is 4.79 Å². The van der Waals surface area contributed by atoms with E-state index in [1.807, 2.05) is 0 Å². The van der Waals surface area contributed by atoms with E-state index in [1.54, 1.807) is 6.92 Å². The molecule has 0 bridgehead atoms. The molecule has 24 heteroatoms. The Morgan fingerprint density at radius 2 is 0.829 bits per heavy atom. The molecule has 70 heavy (non-hydrogen) atoms. The number of hydrogen-bond donors (Lipinski definition) is 13. The number of aliphatic carboxylic acids is 1.